The van der Waals surface area contributed by atoms with E-state index >= 15 is 0 Å². The number of aliphatic carboxylic acids is 1. The topological polar surface area (TPSA) is 63.6 Å². The van der Waals surface area contributed by atoms with Crippen molar-refractivity contribution in [2.75, 3.05) is 0 Å². The molecular weight excluding hydrogens is 568 g/mol. The molecule has 1 atom stereocenters. The summed E-state index contributed by atoms with van der Waals surface area (Å²) in [7, 11) is 0. The van der Waals surface area contributed by atoms with Crippen LogP contribution in [0.1, 0.15) is 200 Å². The molecule has 4 heteroatoms. The van der Waals surface area contributed by atoms with Crippen molar-refractivity contribution in [2.24, 2.45) is 0 Å². The second kappa shape index (κ2) is 37.4. The van der Waals surface area contributed by atoms with Gasteiger partial charge in [-0.25, -0.2) is 0 Å². The van der Waals surface area contributed by atoms with Crippen molar-refractivity contribution in [3.8, 4) is 0 Å². The van der Waals surface area contributed by atoms with E-state index in [1.54, 1.807) is 0 Å². The summed E-state index contributed by atoms with van der Waals surface area (Å²) < 4.78 is 5.96. The molecule has 0 aromatic heterocycles. The zero-order chi connectivity index (χ0) is 33.6. The van der Waals surface area contributed by atoms with Crippen LogP contribution >= 0.6 is 0 Å². The van der Waals surface area contributed by atoms with Gasteiger partial charge < -0.3 is 9.84 Å². The first-order valence-electron chi connectivity index (χ1n) is 19.6. The summed E-state index contributed by atoms with van der Waals surface area (Å²) in [5.74, 6) is -0.782. The number of carboxylic acid groups (broad SMARTS) is 1. The fourth-order valence-electron chi connectivity index (χ4n) is 5.73. The molecule has 0 heterocycles. The Morgan fingerprint density at radius 2 is 0.891 bits per heavy atom. The van der Waals surface area contributed by atoms with Crippen LogP contribution in [-0.2, 0) is 14.3 Å². The average molecular weight is 643 g/mol. The van der Waals surface area contributed by atoms with E-state index in [9.17, 15) is 9.59 Å². The highest BCUT2D eigenvalue weighted by Gasteiger charge is 2.14. The molecule has 0 aliphatic carbocycles. The van der Waals surface area contributed by atoms with Crippen molar-refractivity contribution in [2.45, 2.75) is 206 Å². The molecule has 1 unspecified atom stereocenters. The van der Waals surface area contributed by atoms with Gasteiger partial charge in [0.25, 0.3) is 0 Å². The Balaban J connectivity index is 4.15. The normalized spacial score (nSPS) is 12.7. The van der Waals surface area contributed by atoms with Crippen LogP contribution in [0.15, 0.2) is 48.6 Å². The van der Waals surface area contributed by atoms with Crippen molar-refractivity contribution in [3.05, 3.63) is 48.6 Å². The van der Waals surface area contributed by atoms with Gasteiger partial charge in [0, 0.05) is 12.8 Å². The van der Waals surface area contributed by atoms with E-state index < -0.39 is 5.97 Å². The molecule has 0 aromatic carbocycles. The van der Waals surface area contributed by atoms with Gasteiger partial charge in [-0.1, -0.05) is 172 Å². The SMILES string of the molecule is CC/C=C\C/C=C\C/C=C\C/C=C\CCC(=O)OC(CCCCCCCCCCCCCCCCC)CCCCCCCC(=O)O. The first-order chi connectivity index (χ1) is 22.6. The second-order valence-electron chi connectivity index (χ2n) is 13.1. The number of hydrogen-bond donors (Lipinski definition) is 1. The Bertz CT molecular complexity index is 779. The van der Waals surface area contributed by atoms with Crippen LogP contribution in [0.2, 0.25) is 0 Å². The van der Waals surface area contributed by atoms with E-state index in [4.69, 9.17) is 9.84 Å². The molecule has 46 heavy (non-hydrogen) atoms. The Morgan fingerprint density at radius 1 is 0.500 bits per heavy atom. The number of rotatable bonds is 35. The lowest BCUT2D eigenvalue weighted by molar-refractivity contribution is -0.149. The van der Waals surface area contributed by atoms with Crippen LogP contribution in [-0.4, -0.2) is 23.1 Å². The van der Waals surface area contributed by atoms with Gasteiger partial charge in [0.15, 0.2) is 0 Å². The quantitative estimate of drug-likeness (QED) is 0.0424. The molecule has 0 rings (SSSR count). The van der Waals surface area contributed by atoms with Gasteiger partial charge in [0.2, 0.25) is 0 Å². The third-order valence-electron chi connectivity index (χ3n) is 8.58. The maximum absolute atomic E-state index is 12.6. The summed E-state index contributed by atoms with van der Waals surface area (Å²) in [6.07, 6.45) is 49.9. The molecule has 0 aliphatic heterocycles. The average Bonchev–Trinajstić information content (AvgIpc) is 3.04. The highest BCUT2D eigenvalue weighted by Crippen LogP contribution is 2.19. The van der Waals surface area contributed by atoms with Gasteiger partial charge in [-0.3, -0.25) is 9.59 Å². The molecule has 0 spiro atoms. The maximum atomic E-state index is 12.6. The second-order valence-corrected chi connectivity index (χ2v) is 13.1. The van der Waals surface area contributed by atoms with Gasteiger partial charge in [-0.2, -0.15) is 0 Å². The number of unbranched alkanes of at least 4 members (excludes halogenated alkanes) is 18. The predicted octanol–water partition coefficient (Wildman–Crippen LogP) is 13.6. The summed E-state index contributed by atoms with van der Waals surface area (Å²) in [6.45, 7) is 4.43. The smallest absolute Gasteiger partial charge is 0.306 e. The van der Waals surface area contributed by atoms with E-state index in [2.05, 4.69) is 62.5 Å². The molecule has 0 saturated carbocycles. The summed E-state index contributed by atoms with van der Waals surface area (Å²) in [5, 5.41) is 8.82. The molecule has 0 amide bonds. The zero-order valence-electron chi connectivity index (χ0n) is 30.4. The lowest BCUT2D eigenvalue weighted by atomic mass is 10.0. The molecule has 0 bridgehead atoms. The Labute approximate surface area is 285 Å². The number of hydrogen-bond acceptors (Lipinski definition) is 3. The van der Waals surface area contributed by atoms with Crippen molar-refractivity contribution in [1.29, 1.82) is 0 Å². The van der Waals surface area contributed by atoms with E-state index in [-0.39, 0.29) is 18.5 Å². The highest BCUT2D eigenvalue weighted by molar-refractivity contribution is 5.69. The lowest BCUT2D eigenvalue weighted by Crippen LogP contribution is -2.18. The number of carbonyl (C=O) groups excluding carboxylic acids is 1. The van der Waals surface area contributed by atoms with E-state index in [0.29, 0.717) is 6.42 Å². The van der Waals surface area contributed by atoms with Gasteiger partial charge in [0.1, 0.15) is 6.10 Å². The third kappa shape index (κ3) is 36.4. The fraction of sp³-hybridized carbons (Fsp3) is 0.762. The summed E-state index contributed by atoms with van der Waals surface area (Å²) >= 11 is 0. The Kier molecular flexibility index (Phi) is 35.7. The molecular formula is C42H74O4. The predicted molar refractivity (Wildman–Crippen MR) is 199 cm³/mol. The number of ether oxygens (including phenoxy) is 1. The van der Waals surface area contributed by atoms with E-state index in [1.165, 1.54) is 89.9 Å². The summed E-state index contributed by atoms with van der Waals surface area (Å²) in [4.78, 5) is 23.3. The molecule has 0 radical (unpaired) electrons. The Hall–Kier alpha value is -2.10. The molecule has 0 aromatic rings. The van der Waals surface area contributed by atoms with Gasteiger partial charge in [0.05, 0.1) is 0 Å². The van der Waals surface area contributed by atoms with Crippen molar-refractivity contribution in [1.82, 2.24) is 0 Å². The number of esters is 1. The van der Waals surface area contributed by atoms with E-state index in [0.717, 1.165) is 83.5 Å². The molecule has 1 N–H and O–H groups in total. The molecule has 0 fully saturated rings. The van der Waals surface area contributed by atoms with Crippen LogP contribution in [0.5, 0.6) is 0 Å². The van der Waals surface area contributed by atoms with Gasteiger partial charge >= 0.3 is 11.9 Å². The maximum Gasteiger partial charge on any atom is 0.306 e. The largest absolute Gasteiger partial charge is 0.481 e. The molecule has 0 saturated heterocycles. The van der Waals surface area contributed by atoms with Crippen molar-refractivity contribution in [3.63, 3.8) is 0 Å². The monoisotopic (exact) mass is 643 g/mol. The van der Waals surface area contributed by atoms with Crippen LogP contribution < -0.4 is 0 Å². The Morgan fingerprint density at radius 3 is 1.33 bits per heavy atom. The van der Waals surface area contributed by atoms with Crippen molar-refractivity contribution >= 4 is 11.9 Å². The highest BCUT2D eigenvalue weighted by atomic mass is 16.5. The lowest BCUT2D eigenvalue weighted by Gasteiger charge is -2.18. The van der Waals surface area contributed by atoms with Crippen LogP contribution in [0.4, 0.5) is 0 Å². The first kappa shape index (κ1) is 43.9. The number of carbonyl (C=O) groups is 2. The number of carboxylic acids is 1. The molecule has 266 valence electrons. The van der Waals surface area contributed by atoms with Crippen molar-refractivity contribution < 1.29 is 19.4 Å². The van der Waals surface area contributed by atoms with Gasteiger partial charge in [-0.15, -0.1) is 0 Å². The third-order valence-corrected chi connectivity index (χ3v) is 8.58. The summed E-state index contributed by atoms with van der Waals surface area (Å²) in [5.41, 5.74) is 0. The standard InChI is InChI=1S/C42H74O4/c1-3-5-7-9-11-13-15-17-18-20-21-23-25-28-32-36-40(37-33-29-27-30-34-38-41(43)44)46-42(45)39-35-31-26-24-22-19-16-14-12-10-8-6-4-2/h6,8,12,14,19,22,26,31,40H,3-5,7,9-11,13,15-18,20-21,23-25,27-30,32-39H2,1-2H3,(H,43,44)/b8-6-,14-12-,22-19-,31-26-. The minimum absolute atomic E-state index is 0.0194. The van der Waals surface area contributed by atoms with Gasteiger partial charge in [-0.05, 0) is 64.2 Å². The van der Waals surface area contributed by atoms with E-state index in [1.807, 2.05) is 0 Å². The molecule has 0 aliphatic rings. The minimum atomic E-state index is -0.708. The van der Waals surface area contributed by atoms with Crippen LogP contribution in [0, 0.1) is 0 Å². The number of allylic oxidation sites excluding steroid dienone is 8. The molecule has 4 nitrogen and oxygen atoms in total. The van der Waals surface area contributed by atoms with Crippen LogP contribution in [0.25, 0.3) is 0 Å². The minimum Gasteiger partial charge on any atom is -0.481 e. The fourth-order valence-corrected chi connectivity index (χ4v) is 5.73. The first-order valence-corrected chi connectivity index (χ1v) is 19.6. The summed E-state index contributed by atoms with van der Waals surface area (Å²) in [6, 6.07) is 0. The van der Waals surface area contributed by atoms with Crippen LogP contribution in [0.3, 0.4) is 0 Å². The zero-order valence-corrected chi connectivity index (χ0v) is 30.4.